The van der Waals surface area contributed by atoms with Crippen LogP contribution < -0.4 is 11.3 Å². The minimum absolute atomic E-state index is 0.656. The van der Waals surface area contributed by atoms with Gasteiger partial charge in [-0.3, -0.25) is 0 Å². The molecule has 0 saturated carbocycles. The summed E-state index contributed by atoms with van der Waals surface area (Å²) in [6.07, 6.45) is 1.75. The Balaban J connectivity index is 2.46. The summed E-state index contributed by atoms with van der Waals surface area (Å²) in [6.45, 7) is 1.91. The van der Waals surface area contributed by atoms with Gasteiger partial charge in [0.05, 0.1) is 0 Å². The van der Waals surface area contributed by atoms with Gasteiger partial charge in [-0.25, -0.2) is 15.8 Å². The number of hydrazine groups is 1. The number of nitrogen functional groups attached to an aromatic ring is 1. The van der Waals surface area contributed by atoms with Gasteiger partial charge in [-0.05, 0) is 6.92 Å². The molecule has 3 N–H and O–H groups in total. The Labute approximate surface area is 88.2 Å². The van der Waals surface area contributed by atoms with Crippen LogP contribution in [0.25, 0.3) is 11.4 Å². The smallest absolute Gasteiger partial charge is 0.161 e. The fourth-order valence-corrected chi connectivity index (χ4v) is 1.31. The molecule has 0 spiro atoms. The number of rotatable bonds is 2. The van der Waals surface area contributed by atoms with Crippen LogP contribution in [0.1, 0.15) is 5.56 Å². The number of nitrogens with one attached hydrogen (secondary N) is 1. The van der Waals surface area contributed by atoms with Crippen molar-refractivity contribution in [2.75, 3.05) is 5.43 Å². The van der Waals surface area contributed by atoms with E-state index in [1.807, 2.05) is 37.3 Å². The maximum absolute atomic E-state index is 5.36. The number of nitrogens with zero attached hydrogens (tertiary/aromatic N) is 2. The molecule has 1 heterocycles. The van der Waals surface area contributed by atoms with Gasteiger partial charge < -0.3 is 5.43 Å². The second-order valence-corrected chi connectivity index (χ2v) is 3.24. The van der Waals surface area contributed by atoms with E-state index in [4.69, 9.17) is 5.84 Å². The lowest BCUT2D eigenvalue weighted by Gasteiger charge is -2.05. The first-order chi connectivity index (χ1) is 7.31. The zero-order valence-corrected chi connectivity index (χ0v) is 8.44. The second-order valence-electron chi connectivity index (χ2n) is 3.24. The Morgan fingerprint density at radius 3 is 2.60 bits per heavy atom. The Hall–Kier alpha value is -1.94. The molecule has 0 atom stereocenters. The molecule has 0 aliphatic rings. The van der Waals surface area contributed by atoms with Crippen LogP contribution in [0.4, 0.5) is 5.82 Å². The van der Waals surface area contributed by atoms with Crippen molar-refractivity contribution in [3.8, 4) is 11.4 Å². The molecular weight excluding hydrogens is 188 g/mol. The number of benzene rings is 1. The molecule has 1 aromatic carbocycles. The highest BCUT2D eigenvalue weighted by molar-refractivity contribution is 5.57. The van der Waals surface area contributed by atoms with Gasteiger partial charge in [0.1, 0.15) is 5.82 Å². The van der Waals surface area contributed by atoms with Crippen molar-refractivity contribution in [3.05, 3.63) is 42.1 Å². The number of anilines is 1. The van der Waals surface area contributed by atoms with Crippen LogP contribution in [0.3, 0.4) is 0 Å². The molecule has 0 saturated heterocycles. The molecule has 0 unspecified atom stereocenters. The van der Waals surface area contributed by atoms with Crippen molar-refractivity contribution in [1.82, 2.24) is 9.97 Å². The van der Waals surface area contributed by atoms with E-state index in [1.165, 1.54) is 0 Å². The zero-order valence-electron chi connectivity index (χ0n) is 8.44. The third-order valence-corrected chi connectivity index (χ3v) is 2.14. The number of hydrogen-bond acceptors (Lipinski definition) is 4. The lowest BCUT2D eigenvalue weighted by molar-refractivity contribution is 1.11. The van der Waals surface area contributed by atoms with E-state index in [0.717, 1.165) is 11.1 Å². The van der Waals surface area contributed by atoms with Crippen LogP contribution in [0.2, 0.25) is 0 Å². The summed E-state index contributed by atoms with van der Waals surface area (Å²) >= 11 is 0. The van der Waals surface area contributed by atoms with E-state index in [1.54, 1.807) is 6.20 Å². The quantitative estimate of drug-likeness (QED) is 0.572. The Morgan fingerprint density at radius 2 is 1.93 bits per heavy atom. The van der Waals surface area contributed by atoms with Gasteiger partial charge in [0, 0.05) is 17.3 Å². The molecule has 76 valence electrons. The fraction of sp³-hybridized carbons (Fsp3) is 0.0909. The van der Waals surface area contributed by atoms with E-state index < -0.39 is 0 Å². The molecule has 0 amide bonds. The molecule has 0 bridgehead atoms. The first-order valence-electron chi connectivity index (χ1n) is 4.67. The van der Waals surface area contributed by atoms with Crippen LogP contribution in [0.5, 0.6) is 0 Å². The normalized spacial score (nSPS) is 10.0. The average Bonchev–Trinajstić information content (AvgIpc) is 2.31. The molecule has 0 fully saturated rings. The van der Waals surface area contributed by atoms with Crippen LogP contribution in [-0.2, 0) is 0 Å². The molecule has 4 heteroatoms. The van der Waals surface area contributed by atoms with Crippen LogP contribution in [0.15, 0.2) is 36.5 Å². The van der Waals surface area contributed by atoms with Crippen LogP contribution >= 0.6 is 0 Å². The molecule has 1 aromatic heterocycles. The topological polar surface area (TPSA) is 63.8 Å². The maximum atomic E-state index is 5.36. The first-order valence-corrected chi connectivity index (χ1v) is 4.67. The van der Waals surface area contributed by atoms with Crippen molar-refractivity contribution in [3.63, 3.8) is 0 Å². The van der Waals surface area contributed by atoms with Gasteiger partial charge >= 0.3 is 0 Å². The highest BCUT2D eigenvalue weighted by Crippen LogP contribution is 2.17. The monoisotopic (exact) mass is 200 g/mol. The van der Waals surface area contributed by atoms with E-state index in [9.17, 15) is 0 Å². The molecule has 15 heavy (non-hydrogen) atoms. The minimum atomic E-state index is 0.656. The van der Waals surface area contributed by atoms with E-state index in [0.29, 0.717) is 11.6 Å². The van der Waals surface area contributed by atoms with Gasteiger partial charge in [0.25, 0.3) is 0 Å². The lowest BCUT2D eigenvalue weighted by Crippen LogP contribution is -2.11. The summed E-state index contributed by atoms with van der Waals surface area (Å²) in [6, 6.07) is 9.79. The van der Waals surface area contributed by atoms with Gasteiger partial charge in [-0.2, -0.15) is 0 Å². The number of aryl methyl sites for hydroxylation is 1. The van der Waals surface area contributed by atoms with Crippen molar-refractivity contribution in [2.45, 2.75) is 6.92 Å². The Bertz CT molecular complexity index is 453. The van der Waals surface area contributed by atoms with Crippen LogP contribution in [0, 0.1) is 6.92 Å². The standard InChI is InChI=1S/C11H12N4/c1-8-7-13-11(14-10(8)15-12)9-5-3-2-4-6-9/h2-7H,12H2,1H3,(H,13,14,15). The Kier molecular flexibility index (Phi) is 2.60. The van der Waals surface area contributed by atoms with E-state index >= 15 is 0 Å². The summed E-state index contributed by atoms with van der Waals surface area (Å²) in [4.78, 5) is 8.56. The summed E-state index contributed by atoms with van der Waals surface area (Å²) in [5, 5.41) is 0. The Morgan fingerprint density at radius 1 is 1.20 bits per heavy atom. The summed E-state index contributed by atoms with van der Waals surface area (Å²) in [7, 11) is 0. The molecule has 0 aliphatic heterocycles. The fourth-order valence-electron chi connectivity index (χ4n) is 1.31. The molecule has 0 aliphatic carbocycles. The molecule has 0 radical (unpaired) electrons. The zero-order chi connectivity index (χ0) is 10.7. The lowest BCUT2D eigenvalue weighted by atomic mass is 10.2. The van der Waals surface area contributed by atoms with Crippen molar-refractivity contribution in [1.29, 1.82) is 0 Å². The highest BCUT2D eigenvalue weighted by atomic mass is 15.3. The predicted molar refractivity (Wildman–Crippen MR) is 60.0 cm³/mol. The van der Waals surface area contributed by atoms with Gasteiger partial charge in [0.2, 0.25) is 0 Å². The molecule has 2 rings (SSSR count). The molecule has 2 aromatic rings. The summed E-state index contributed by atoms with van der Waals surface area (Å²) < 4.78 is 0. The molecular formula is C11H12N4. The maximum Gasteiger partial charge on any atom is 0.161 e. The van der Waals surface area contributed by atoms with Gasteiger partial charge in [0.15, 0.2) is 5.82 Å². The number of aromatic nitrogens is 2. The van der Waals surface area contributed by atoms with Crippen molar-refractivity contribution in [2.24, 2.45) is 5.84 Å². The van der Waals surface area contributed by atoms with Gasteiger partial charge in [-0.1, -0.05) is 30.3 Å². The third-order valence-electron chi connectivity index (χ3n) is 2.14. The predicted octanol–water partition coefficient (Wildman–Crippen LogP) is 1.74. The van der Waals surface area contributed by atoms with Crippen molar-refractivity contribution >= 4 is 5.82 Å². The largest absolute Gasteiger partial charge is 0.308 e. The third kappa shape index (κ3) is 1.94. The number of nitrogens with two attached hydrogens (primary N) is 1. The highest BCUT2D eigenvalue weighted by Gasteiger charge is 2.03. The second kappa shape index (κ2) is 4.06. The van der Waals surface area contributed by atoms with Gasteiger partial charge in [-0.15, -0.1) is 0 Å². The summed E-state index contributed by atoms with van der Waals surface area (Å²) in [5.74, 6) is 6.69. The SMILES string of the molecule is Cc1cnc(-c2ccccc2)nc1NN. The van der Waals surface area contributed by atoms with E-state index in [-0.39, 0.29) is 0 Å². The molecule has 4 nitrogen and oxygen atoms in total. The van der Waals surface area contributed by atoms with E-state index in [2.05, 4.69) is 15.4 Å². The first kappa shape index (κ1) is 9.61. The van der Waals surface area contributed by atoms with Crippen molar-refractivity contribution < 1.29 is 0 Å². The van der Waals surface area contributed by atoms with Crippen LogP contribution in [-0.4, -0.2) is 9.97 Å². The minimum Gasteiger partial charge on any atom is -0.308 e. The summed E-state index contributed by atoms with van der Waals surface area (Å²) in [5.41, 5.74) is 4.46. The number of hydrogen-bond donors (Lipinski definition) is 2. The average molecular weight is 200 g/mol.